The minimum Gasteiger partial charge on any atom is -0.480 e. The van der Waals surface area contributed by atoms with E-state index in [2.05, 4.69) is 4.98 Å². The van der Waals surface area contributed by atoms with Crippen LogP contribution in [0.25, 0.3) is 11.5 Å². The highest BCUT2D eigenvalue weighted by Crippen LogP contribution is 2.31. The van der Waals surface area contributed by atoms with E-state index in [0.717, 1.165) is 11.3 Å². The molecule has 0 saturated heterocycles. The second-order valence-electron chi connectivity index (χ2n) is 5.22. The summed E-state index contributed by atoms with van der Waals surface area (Å²) in [7, 11) is 0. The van der Waals surface area contributed by atoms with Crippen LogP contribution in [0.5, 0.6) is 0 Å². The molecule has 3 N–H and O–H groups in total. The van der Waals surface area contributed by atoms with E-state index in [1.54, 1.807) is 6.26 Å². The van der Waals surface area contributed by atoms with E-state index in [1.165, 1.54) is 11.8 Å². The summed E-state index contributed by atoms with van der Waals surface area (Å²) in [6.07, 6.45) is 1.59. The highest BCUT2D eigenvalue weighted by Gasteiger charge is 2.32. The van der Waals surface area contributed by atoms with Crippen LogP contribution in [0, 0.1) is 0 Å². The molecule has 1 aromatic carbocycles. The molecule has 0 aliphatic rings. The van der Waals surface area contributed by atoms with Crippen molar-refractivity contribution < 1.29 is 14.3 Å². The molecule has 0 spiro atoms. The summed E-state index contributed by atoms with van der Waals surface area (Å²) in [5.74, 6) is 0.105. The number of rotatable bonds is 6. The minimum absolute atomic E-state index is 0.546. The topological polar surface area (TPSA) is 89.4 Å². The summed E-state index contributed by atoms with van der Waals surface area (Å²) in [5, 5.41) is 9.00. The number of hydrogen-bond acceptors (Lipinski definition) is 5. The van der Waals surface area contributed by atoms with Crippen LogP contribution in [-0.4, -0.2) is 26.8 Å². The fourth-order valence-electron chi connectivity index (χ4n) is 1.73. The van der Waals surface area contributed by atoms with Gasteiger partial charge in [0.15, 0.2) is 0 Å². The van der Waals surface area contributed by atoms with Crippen molar-refractivity contribution in [3.8, 4) is 11.5 Å². The second-order valence-corrected chi connectivity index (χ2v) is 6.85. The van der Waals surface area contributed by atoms with E-state index in [4.69, 9.17) is 15.3 Å². The number of nitrogens with zero attached hydrogens (tertiary/aromatic N) is 1. The molecule has 0 aliphatic heterocycles. The maximum absolute atomic E-state index is 11.0. The summed E-state index contributed by atoms with van der Waals surface area (Å²) in [6, 6.07) is 8.69. The summed E-state index contributed by atoms with van der Waals surface area (Å²) in [4.78, 5) is 15.4. The number of carboxylic acids is 1. The van der Waals surface area contributed by atoms with Crippen molar-refractivity contribution in [2.75, 3.05) is 0 Å². The van der Waals surface area contributed by atoms with E-state index in [9.17, 15) is 4.79 Å². The van der Waals surface area contributed by atoms with Crippen molar-refractivity contribution in [1.29, 1.82) is 0 Å². The van der Waals surface area contributed by atoms with Gasteiger partial charge in [0, 0.05) is 16.1 Å². The number of aliphatic carboxylic acids is 1. The quantitative estimate of drug-likeness (QED) is 0.853. The highest BCUT2D eigenvalue weighted by atomic mass is 32.2. The lowest BCUT2D eigenvalue weighted by molar-refractivity contribution is -0.139. The number of carbonyl (C=O) groups is 1. The van der Waals surface area contributed by atoms with E-state index >= 15 is 0 Å². The Hall–Kier alpha value is -1.79. The molecule has 0 radical (unpaired) electrons. The zero-order valence-electron chi connectivity index (χ0n) is 11.9. The van der Waals surface area contributed by atoms with Crippen molar-refractivity contribution in [2.24, 2.45) is 5.73 Å². The fourth-order valence-corrected chi connectivity index (χ4v) is 2.67. The molecule has 1 heterocycles. The number of carboxylic acid groups (broad SMARTS) is 1. The molecular formula is C15H18N2O3S. The third-order valence-electron chi connectivity index (χ3n) is 3.18. The number of benzene rings is 1. The molecule has 5 nitrogen and oxygen atoms in total. The lowest BCUT2D eigenvalue weighted by Gasteiger charge is -2.27. The molecule has 1 atom stereocenters. The summed E-state index contributed by atoms with van der Waals surface area (Å²) < 4.78 is 4.87. The van der Waals surface area contributed by atoms with Crippen molar-refractivity contribution in [2.45, 2.75) is 30.4 Å². The van der Waals surface area contributed by atoms with Gasteiger partial charge in [0.2, 0.25) is 5.89 Å². The zero-order valence-corrected chi connectivity index (χ0v) is 12.8. The average Bonchev–Trinajstić information content (AvgIpc) is 2.94. The Labute approximate surface area is 127 Å². The predicted octanol–water partition coefficient (Wildman–Crippen LogP) is 2.77. The monoisotopic (exact) mass is 306 g/mol. The van der Waals surface area contributed by atoms with Gasteiger partial charge in [-0.3, -0.25) is 4.79 Å². The van der Waals surface area contributed by atoms with Gasteiger partial charge in [-0.05, 0) is 26.0 Å². The summed E-state index contributed by atoms with van der Waals surface area (Å²) >= 11 is 1.45. The van der Waals surface area contributed by atoms with E-state index < -0.39 is 16.8 Å². The average molecular weight is 306 g/mol. The van der Waals surface area contributed by atoms with Gasteiger partial charge in [-0.25, -0.2) is 4.98 Å². The van der Waals surface area contributed by atoms with Crippen LogP contribution in [0.15, 0.2) is 41.0 Å². The van der Waals surface area contributed by atoms with Crippen LogP contribution in [-0.2, 0) is 10.5 Å². The van der Waals surface area contributed by atoms with Gasteiger partial charge in [-0.1, -0.05) is 18.2 Å². The van der Waals surface area contributed by atoms with E-state index in [-0.39, 0.29) is 0 Å². The second kappa shape index (κ2) is 6.32. The molecule has 2 rings (SSSR count). The molecule has 112 valence electrons. The van der Waals surface area contributed by atoms with Crippen molar-refractivity contribution in [1.82, 2.24) is 4.98 Å². The number of hydrogen-bond donors (Lipinski definition) is 2. The van der Waals surface area contributed by atoms with Crippen LogP contribution in [0.4, 0.5) is 0 Å². The lowest BCUT2D eigenvalue weighted by atomic mass is 10.1. The van der Waals surface area contributed by atoms with Crippen LogP contribution in [0.1, 0.15) is 19.5 Å². The van der Waals surface area contributed by atoms with Crippen LogP contribution >= 0.6 is 11.8 Å². The number of nitrogens with two attached hydrogens (primary N) is 1. The first-order valence-corrected chi connectivity index (χ1v) is 7.51. The Morgan fingerprint density at radius 2 is 2.10 bits per heavy atom. The maximum atomic E-state index is 11.0. The van der Waals surface area contributed by atoms with Gasteiger partial charge in [0.05, 0.1) is 5.69 Å². The molecule has 2 aromatic rings. The van der Waals surface area contributed by atoms with Crippen LogP contribution in [0.2, 0.25) is 0 Å². The maximum Gasteiger partial charge on any atom is 0.321 e. The molecule has 1 aromatic heterocycles. The third-order valence-corrected chi connectivity index (χ3v) is 4.62. The van der Waals surface area contributed by atoms with Gasteiger partial charge in [0.25, 0.3) is 0 Å². The normalized spacial score (nSPS) is 13.1. The van der Waals surface area contributed by atoms with Gasteiger partial charge >= 0.3 is 5.97 Å². The largest absolute Gasteiger partial charge is 0.480 e. The van der Waals surface area contributed by atoms with E-state index in [1.807, 2.05) is 44.2 Å². The van der Waals surface area contributed by atoms with E-state index in [0.29, 0.717) is 11.6 Å². The fraction of sp³-hybridized carbons (Fsp3) is 0.333. The Bertz CT molecular complexity index is 610. The van der Waals surface area contributed by atoms with Gasteiger partial charge in [0.1, 0.15) is 12.3 Å². The molecule has 0 saturated carbocycles. The van der Waals surface area contributed by atoms with Gasteiger partial charge < -0.3 is 15.3 Å². The summed E-state index contributed by atoms with van der Waals surface area (Å²) in [5.41, 5.74) is 7.37. The third kappa shape index (κ3) is 3.86. The van der Waals surface area contributed by atoms with Crippen molar-refractivity contribution in [3.63, 3.8) is 0 Å². The molecule has 21 heavy (non-hydrogen) atoms. The Morgan fingerprint density at radius 3 is 2.71 bits per heavy atom. The molecule has 0 fully saturated rings. The molecule has 0 bridgehead atoms. The molecule has 0 aliphatic carbocycles. The Kier molecular flexibility index (Phi) is 4.69. The Balaban J connectivity index is 2.02. The molecule has 0 amide bonds. The lowest BCUT2D eigenvalue weighted by Crippen LogP contribution is -2.46. The molecule has 0 unspecified atom stereocenters. The number of thioether (sulfide) groups is 1. The highest BCUT2D eigenvalue weighted by molar-refractivity contribution is 7.99. The Morgan fingerprint density at radius 1 is 1.43 bits per heavy atom. The van der Waals surface area contributed by atoms with Crippen molar-refractivity contribution in [3.05, 3.63) is 42.3 Å². The number of aromatic nitrogens is 1. The predicted molar refractivity (Wildman–Crippen MR) is 82.9 cm³/mol. The van der Waals surface area contributed by atoms with Crippen LogP contribution in [0.3, 0.4) is 0 Å². The SMILES string of the molecule is CC(C)(SCc1coc(-c2ccccc2)n1)[C@H](N)C(=O)O. The molecule has 6 heteroatoms. The minimum atomic E-state index is -1.00. The van der Waals surface area contributed by atoms with Crippen LogP contribution < -0.4 is 5.73 Å². The standard InChI is InChI=1S/C15H18N2O3S/c1-15(2,12(16)14(18)19)21-9-11-8-20-13(17-11)10-6-4-3-5-7-10/h3-8,12H,9,16H2,1-2H3,(H,18,19)/t12-/m1/s1. The first-order chi connectivity index (χ1) is 9.90. The zero-order chi connectivity index (χ0) is 15.5. The molecular weight excluding hydrogens is 288 g/mol. The van der Waals surface area contributed by atoms with Gasteiger partial charge in [-0.2, -0.15) is 0 Å². The smallest absolute Gasteiger partial charge is 0.321 e. The number of oxazole rings is 1. The van der Waals surface area contributed by atoms with Crippen molar-refractivity contribution >= 4 is 17.7 Å². The first-order valence-electron chi connectivity index (χ1n) is 6.52. The first kappa shape index (κ1) is 15.6. The summed E-state index contributed by atoms with van der Waals surface area (Å²) in [6.45, 7) is 3.63. The van der Waals surface area contributed by atoms with Gasteiger partial charge in [-0.15, -0.1) is 11.8 Å².